The second-order valence-corrected chi connectivity index (χ2v) is 8.64. The van der Waals surface area contributed by atoms with Crippen LogP contribution in [0.3, 0.4) is 0 Å². The topological polar surface area (TPSA) is 48.0 Å². The van der Waals surface area contributed by atoms with Gasteiger partial charge in [-0.2, -0.15) is 0 Å². The van der Waals surface area contributed by atoms with Crippen molar-refractivity contribution in [1.29, 1.82) is 0 Å². The molecule has 32 heavy (non-hydrogen) atoms. The highest BCUT2D eigenvalue weighted by atomic mass is 16.5. The lowest BCUT2D eigenvalue weighted by molar-refractivity contribution is -0.133. The first kappa shape index (κ1) is 22.4. The molecule has 2 aliphatic rings. The third kappa shape index (κ3) is 5.52. The fourth-order valence-corrected chi connectivity index (χ4v) is 4.58. The van der Waals surface area contributed by atoms with Crippen LogP contribution in [0.1, 0.15) is 42.4 Å². The third-order valence-electron chi connectivity index (χ3n) is 6.27. The number of carbonyl (C=O) groups excluding carboxylic acids is 1. The fourth-order valence-electron chi connectivity index (χ4n) is 4.58. The standard InChI is InChI=1S/C27H33NO4/c1-3-4-11-27(29)28(19-23-10-7-14-31-23)18-20-12-13-25(26(15-20)30-2)32-24-16-21-8-5-6-9-22(21)17-24/h3,5-6,8-9,12-13,15,23-24H,1,4,7,10-11,14,16-19H2,2H3. The van der Waals surface area contributed by atoms with E-state index >= 15 is 0 Å². The van der Waals surface area contributed by atoms with Crippen molar-refractivity contribution in [2.24, 2.45) is 0 Å². The van der Waals surface area contributed by atoms with E-state index in [0.29, 0.717) is 31.7 Å². The highest BCUT2D eigenvalue weighted by Crippen LogP contribution is 2.33. The quantitative estimate of drug-likeness (QED) is 0.507. The average molecular weight is 436 g/mol. The molecule has 1 fully saturated rings. The van der Waals surface area contributed by atoms with Gasteiger partial charge in [-0.3, -0.25) is 4.79 Å². The number of methoxy groups -OCH3 is 1. The molecule has 0 bridgehead atoms. The molecule has 1 amide bonds. The van der Waals surface area contributed by atoms with E-state index in [-0.39, 0.29) is 18.1 Å². The molecule has 170 valence electrons. The number of allylic oxidation sites excluding steroid dienone is 1. The summed E-state index contributed by atoms with van der Waals surface area (Å²) in [7, 11) is 1.66. The maximum Gasteiger partial charge on any atom is 0.223 e. The summed E-state index contributed by atoms with van der Waals surface area (Å²) < 4.78 is 17.7. The maximum atomic E-state index is 12.8. The van der Waals surface area contributed by atoms with E-state index in [1.165, 1.54) is 11.1 Å². The molecule has 5 nitrogen and oxygen atoms in total. The smallest absolute Gasteiger partial charge is 0.223 e. The summed E-state index contributed by atoms with van der Waals surface area (Å²) in [5.41, 5.74) is 3.74. The zero-order valence-corrected chi connectivity index (χ0v) is 18.9. The van der Waals surface area contributed by atoms with Gasteiger partial charge in [0.05, 0.1) is 13.2 Å². The van der Waals surface area contributed by atoms with Gasteiger partial charge >= 0.3 is 0 Å². The first-order valence-corrected chi connectivity index (χ1v) is 11.6. The van der Waals surface area contributed by atoms with E-state index in [0.717, 1.165) is 43.6 Å². The Kier molecular flexibility index (Phi) is 7.48. The predicted molar refractivity (Wildman–Crippen MR) is 125 cm³/mol. The highest BCUT2D eigenvalue weighted by molar-refractivity contribution is 5.76. The van der Waals surface area contributed by atoms with Crippen LogP contribution < -0.4 is 9.47 Å². The van der Waals surface area contributed by atoms with Crippen LogP contribution in [0.15, 0.2) is 55.1 Å². The summed E-state index contributed by atoms with van der Waals surface area (Å²) in [6, 6.07) is 14.5. The van der Waals surface area contributed by atoms with Crippen molar-refractivity contribution >= 4 is 5.91 Å². The van der Waals surface area contributed by atoms with Gasteiger partial charge in [-0.15, -0.1) is 6.58 Å². The van der Waals surface area contributed by atoms with Crippen LogP contribution in [-0.4, -0.2) is 43.3 Å². The lowest BCUT2D eigenvalue weighted by Crippen LogP contribution is -2.36. The number of carbonyl (C=O) groups is 1. The molecule has 1 saturated heterocycles. The van der Waals surface area contributed by atoms with Crippen LogP contribution >= 0.6 is 0 Å². The molecule has 1 aliphatic heterocycles. The Hall–Kier alpha value is -2.79. The molecule has 1 unspecified atom stereocenters. The highest BCUT2D eigenvalue weighted by Gasteiger charge is 2.25. The maximum absolute atomic E-state index is 12.8. The van der Waals surface area contributed by atoms with E-state index in [2.05, 4.69) is 30.8 Å². The molecular weight excluding hydrogens is 402 g/mol. The normalized spacial score (nSPS) is 17.7. The Bertz CT molecular complexity index is 910. The van der Waals surface area contributed by atoms with Crippen LogP contribution in [-0.2, 0) is 28.9 Å². The molecule has 2 aromatic rings. The lowest BCUT2D eigenvalue weighted by atomic mass is 10.1. The summed E-state index contributed by atoms with van der Waals surface area (Å²) in [5, 5.41) is 0. The number of rotatable bonds is 10. The molecule has 0 radical (unpaired) electrons. The van der Waals surface area contributed by atoms with Gasteiger partial charge in [-0.1, -0.05) is 36.4 Å². The summed E-state index contributed by atoms with van der Waals surface area (Å²) >= 11 is 0. The molecule has 1 aliphatic carbocycles. The van der Waals surface area contributed by atoms with Gasteiger partial charge < -0.3 is 19.1 Å². The molecule has 2 aromatic carbocycles. The van der Waals surface area contributed by atoms with E-state index in [9.17, 15) is 4.79 Å². The number of benzene rings is 2. The molecule has 4 rings (SSSR count). The first-order valence-electron chi connectivity index (χ1n) is 11.6. The van der Waals surface area contributed by atoms with Gasteiger partial charge in [-0.05, 0) is 48.1 Å². The number of ether oxygens (including phenoxy) is 3. The average Bonchev–Trinajstić information content (AvgIpc) is 3.47. The minimum atomic E-state index is 0.114. The van der Waals surface area contributed by atoms with Crippen LogP contribution in [0.4, 0.5) is 0 Å². The van der Waals surface area contributed by atoms with Crippen molar-refractivity contribution in [3.05, 3.63) is 71.8 Å². The van der Waals surface area contributed by atoms with Crippen LogP contribution in [0.2, 0.25) is 0 Å². The zero-order valence-electron chi connectivity index (χ0n) is 18.9. The Morgan fingerprint density at radius 3 is 2.62 bits per heavy atom. The van der Waals surface area contributed by atoms with Gasteiger partial charge in [0, 0.05) is 39.0 Å². The lowest BCUT2D eigenvalue weighted by Gasteiger charge is -2.26. The summed E-state index contributed by atoms with van der Waals surface area (Å²) in [6.45, 7) is 5.67. The first-order chi connectivity index (χ1) is 15.7. The van der Waals surface area contributed by atoms with Crippen molar-refractivity contribution in [1.82, 2.24) is 4.90 Å². The van der Waals surface area contributed by atoms with Crippen molar-refractivity contribution in [2.45, 2.75) is 57.3 Å². The van der Waals surface area contributed by atoms with E-state index in [1.807, 2.05) is 23.1 Å². The van der Waals surface area contributed by atoms with Crippen LogP contribution in [0, 0.1) is 0 Å². The molecule has 5 heteroatoms. The monoisotopic (exact) mass is 435 g/mol. The second-order valence-electron chi connectivity index (χ2n) is 8.64. The molecule has 0 saturated carbocycles. The molecular formula is C27H33NO4. The van der Waals surface area contributed by atoms with E-state index in [4.69, 9.17) is 14.2 Å². The fraction of sp³-hybridized carbons (Fsp3) is 0.444. The largest absolute Gasteiger partial charge is 0.493 e. The molecule has 1 atom stereocenters. The molecule has 0 spiro atoms. The SMILES string of the molecule is C=CCCC(=O)N(Cc1ccc(OC2Cc3ccccc3C2)c(OC)c1)CC1CCCO1. The number of amides is 1. The Morgan fingerprint density at radius 1 is 1.19 bits per heavy atom. The van der Waals surface area contributed by atoms with Crippen LogP contribution in [0.5, 0.6) is 11.5 Å². The van der Waals surface area contributed by atoms with Crippen molar-refractivity contribution in [2.75, 3.05) is 20.3 Å². The zero-order chi connectivity index (χ0) is 22.3. The number of nitrogens with zero attached hydrogens (tertiary/aromatic N) is 1. The number of hydrogen-bond donors (Lipinski definition) is 0. The van der Waals surface area contributed by atoms with Crippen LogP contribution in [0.25, 0.3) is 0 Å². The summed E-state index contributed by atoms with van der Waals surface area (Å²) in [6.07, 6.45) is 7.06. The van der Waals surface area contributed by atoms with Crippen molar-refractivity contribution in [3.63, 3.8) is 0 Å². The van der Waals surface area contributed by atoms with Crippen molar-refractivity contribution < 1.29 is 19.0 Å². The van der Waals surface area contributed by atoms with E-state index in [1.54, 1.807) is 13.2 Å². The molecule has 1 heterocycles. The molecule has 0 N–H and O–H groups in total. The van der Waals surface area contributed by atoms with Gasteiger partial charge in [0.25, 0.3) is 0 Å². The minimum Gasteiger partial charge on any atom is -0.493 e. The third-order valence-corrected chi connectivity index (χ3v) is 6.27. The van der Waals surface area contributed by atoms with Gasteiger partial charge in [-0.25, -0.2) is 0 Å². The van der Waals surface area contributed by atoms with E-state index < -0.39 is 0 Å². The molecule has 0 aromatic heterocycles. The van der Waals surface area contributed by atoms with Crippen molar-refractivity contribution in [3.8, 4) is 11.5 Å². The second kappa shape index (κ2) is 10.7. The van der Waals surface area contributed by atoms with Gasteiger partial charge in [0.1, 0.15) is 6.10 Å². The summed E-state index contributed by atoms with van der Waals surface area (Å²) in [4.78, 5) is 14.7. The number of hydrogen-bond acceptors (Lipinski definition) is 4. The predicted octanol–water partition coefficient (Wildman–Crippen LogP) is 4.72. The Morgan fingerprint density at radius 2 is 1.97 bits per heavy atom. The Labute approximate surface area is 191 Å². The number of fused-ring (bicyclic) bond motifs is 1. The minimum absolute atomic E-state index is 0.114. The van der Waals surface area contributed by atoms with Gasteiger partial charge in [0.2, 0.25) is 5.91 Å². The van der Waals surface area contributed by atoms with Gasteiger partial charge in [0.15, 0.2) is 11.5 Å². The Balaban J connectivity index is 1.44. The summed E-state index contributed by atoms with van der Waals surface area (Å²) in [5.74, 6) is 1.58.